The molecule has 3 nitrogen and oxygen atoms in total. The van der Waals surface area contributed by atoms with Crippen LogP contribution >= 0.6 is 11.6 Å². The van der Waals surface area contributed by atoms with Gasteiger partial charge in [-0.1, -0.05) is 20.8 Å². The number of rotatable bonds is 6. The molecule has 0 unspecified atom stereocenters. The maximum atomic E-state index is 13.8. The maximum absolute atomic E-state index is 13.8. The summed E-state index contributed by atoms with van der Waals surface area (Å²) in [5.41, 5.74) is 0.508. The number of hydrogen-bond acceptors (Lipinski definition) is 2. The van der Waals surface area contributed by atoms with Crippen LogP contribution in [0.4, 0.5) is 4.39 Å². The van der Waals surface area contributed by atoms with E-state index in [4.69, 9.17) is 11.6 Å². The molecule has 1 rings (SSSR count). The summed E-state index contributed by atoms with van der Waals surface area (Å²) in [5.74, 6) is -0.267. The van der Waals surface area contributed by atoms with E-state index in [0.29, 0.717) is 18.7 Å². The monoisotopic (exact) mass is 321 g/mol. The van der Waals surface area contributed by atoms with Gasteiger partial charge in [0.05, 0.1) is 10.8 Å². The first-order valence-electron chi connectivity index (χ1n) is 6.59. The zero-order valence-corrected chi connectivity index (χ0v) is 13.9. The Balaban J connectivity index is 3.31. The first-order chi connectivity index (χ1) is 9.23. The third-order valence-corrected chi connectivity index (χ3v) is 5.21. The summed E-state index contributed by atoms with van der Waals surface area (Å²) < 4.78 is 40.4. The fraction of sp³-hybridized carbons (Fsp3) is 0.571. The SMILES string of the molecule is CCN(CC(C)C)S(=O)(=O)c1cc(C)c(F)c(CCl)c1. The lowest BCUT2D eigenvalue weighted by molar-refractivity contribution is 0.380. The van der Waals surface area contributed by atoms with Crippen molar-refractivity contribution in [1.29, 1.82) is 0 Å². The van der Waals surface area contributed by atoms with E-state index in [1.54, 1.807) is 13.8 Å². The number of aryl methyl sites for hydroxylation is 1. The lowest BCUT2D eigenvalue weighted by atomic mass is 10.1. The summed E-state index contributed by atoms with van der Waals surface area (Å²) in [7, 11) is -3.61. The summed E-state index contributed by atoms with van der Waals surface area (Å²) >= 11 is 5.68. The number of benzene rings is 1. The molecule has 0 spiro atoms. The summed E-state index contributed by atoms with van der Waals surface area (Å²) in [4.78, 5) is 0.106. The van der Waals surface area contributed by atoms with Gasteiger partial charge in [0, 0.05) is 18.7 Å². The van der Waals surface area contributed by atoms with Crippen molar-refractivity contribution in [3.63, 3.8) is 0 Å². The Morgan fingerprint density at radius 1 is 1.35 bits per heavy atom. The lowest BCUT2D eigenvalue weighted by Gasteiger charge is -2.23. The highest BCUT2D eigenvalue weighted by Gasteiger charge is 2.25. The van der Waals surface area contributed by atoms with Crippen molar-refractivity contribution in [2.24, 2.45) is 5.92 Å². The predicted molar refractivity (Wildman–Crippen MR) is 80.0 cm³/mol. The van der Waals surface area contributed by atoms with Crippen molar-refractivity contribution in [1.82, 2.24) is 4.31 Å². The van der Waals surface area contributed by atoms with Crippen LogP contribution in [0, 0.1) is 18.7 Å². The number of alkyl halides is 1. The quantitative estimate of drug-likeness (QED) is 0.752. The molecule has 0 fully saturated rings. The van der Waals surface area contributed by atoms with Gasteiger partial charge in [0.25, 0.3) is 0 Å². The summed E-state index contributed by atoms with van der Waals surface area (Å²) in [6, 6.07) is 2.69. The molecule has 0 saturated heterocycles. The molecule has 0 aromatic heterocycles. The van der Waals surface area contributed by atoms with Gasteiger partial charge in [0.1, 0.15) is 5.82 Å². The highest BCUT2D eigenvalue weighted by atomic mass is 35.5. The Bertz CT molecular complexity index is 573. The van der Waals surface area contributed by atoms with Gasteiger partial charge >= 0.3 is 0 Å². The molecule has 0 aliphatic carbocycles. The van der Waals surface area contributed by atoms with E-state index < -0.39 is 15.8 Å². The number of nitrogens with zero attached hydrogens (tertiary/aromatic N) is 1. The van der Waals surface area contributed by atoms with Gasteiger partial charge in [-0.15, -0.1) is 11.6 Å². The molecule has 0 bridgehead atoms. The standard InChI is InChI=1S/C14H21ClFNO2S/c1-5-17(9-10(2)3)20(18,19)13-6-11(4)14(16)12(7-13)8-15/h6-7,10H,5,8-9H2,1-4H3. The van der Waals surface area contributed by atoms with Crippen LogP contribution < -0.4 is 0 Å². The predicted octanol–water partition coefficient (Wildman–Crippen LogP) is 3.54. The third-order valence-electron chi connectivity index (χ3n) is 3.01. The van der Waals surface area contributed by atoms with Crippen LogP contribution in [0.15, 0.2) is 17.0 Å². The highest BCUT2D eigenvalue weighted by molar-refractivity contribution is 7.89. The molecule has 0 amide bonds. The molecular weight excluding hydrogens is 301 g/mol. The van der Waals surface area contributed by atoms with Crippen molar-refractivity contribution >= 4 is 21.6 Å². The Morgan fingerprint density at radius 2 is 1.95 bits per heavy atom. The molecule has 0 N–H and O–H groups in total. The molecule has 6 heteroatoms. The summed E-state index contributed by atoms with van der Waals surface area (Å²) in [6.07, 6.45) is 0. The average Bonchev–Trinajstić information content (AvgIpc) is 2.38. The first kappa shape index (κ1) is 17.4. The zero-order valence-electron chi connectivity index (χ0n) is 12.3. The summed E-state index contributed by atoms with van der Waals surface area (Å²) in [6.45, 7) is 8.07. The summed E-state index contributed by atoms with van der Waals surface area (Å²) in [5, 5.41) is 0. The second kappa shape index (κ2) is 6.87. The van der Waals surface area contributed by atoms with Crippen molar-refractivity contribution in [3.8, 4) is 0 Å². The molecule has 1 aromatic carbocycles. The Hall–Kier alpha value is -0.650. The van der Waals surface area contributed by atoms with Crippen LogP contribution in [0.1, 0.15) is 31.9 Å². The van der Waals surface area contributed by atoms with Gasteiger partial charge in [0.15, 0.2) is 0 Å². The third kappa shape index (κ3) is 3.71. The van der Waals surface area contributed by atoms with Crippen LogP contribution in [-0.4, -0.2) is 25.8 Å². The molecule has 0 radical (unpaired) electrons. The molecular formula is C14H21ClFNO2S. The molecule has 0 heterocycles. The Kier molecular flexibility index (Phi) is 5.98. The Morgan fingerprint density at radius 3 is 2.40 bits per heavy atom. The van der Waals surface area contributed by atoms with Crippen LogP contribution in [0.25, 0.3) is 0 Å². The molecule has 0 atom stereocenters. The second-order valence-corrected chi connectivity index (χ2v) is 7.40. The molecule has 1 aromatic rings. The highest BCUT2D eigenvalue weighted by Crippen LogP contribution is 2.23. The maximum Gasteiger partial charge on any atom is 0.243 e. The van der Waals surface area contributed by atoms with E-state index in [-0.39, 0.29) is 22.3 Å². The van der Waals surface area contributed by atoms with E-state index >= 15 is 0 Å². The first-order valence-corrected chi connectivity index (χ1v) is 8.56. The van der Waals surface area contributed by atoms with Crippen LogP contribution in [0.2, 0.25) is 0 Å². The van der Waals surface area contributed by atoms with Gasteiger partial charge in [-0.05, 0) is 30.5 Å². The lowest BCUT2D eigenvalue weighted by Crippen LogP contribution is -2.34. The van der Waals surface area contributed by atoms with E-state index in [1.807, 2.05) is 13.8 Å². The minimum atomic E-state index is -3.61. The second-order valence-electron chi connectivity index (χ2n) is 5.20. The smallest absolute Gasteiger partial charge is 0.207 e. The fourth-order valence-corrected chi connectivity index (χ4v) is 3.95. The Labute approximate surface area is 125 Å². The largest absolute Gasteiger partial charge is 0.243 e. The van der Waals surface area contributed by atoms with Crippen LogP contribution in [0.5, 0.6) is 0 Å². The topological polar surface area (TPSA) is 37.4 Å². The van der Waals surface area contributed by atoms with Crippen LogP contribution in [0.3, 0.4) is 0 Å². The average molecular weight is 322 g/mol. The molecule has 114 valence electrons. The van der Waals surface area contributed by atoms with Gasteiger partial charge in [0.2, 0.25) is 10.0 Å². The van der Waals surface area contributed by atoms with Crippen molar-refractivity contribution in [2.75, 3.05) is 13.1 Å². The van der Waals surface area contributed by atoms with Crippen LogP contribution in [-0.2, 0) is 15.9 Å². The van der Waals surface area contributed by atoms with E-state index in [9.17, 15) is 12.8 Å². The van der Waals surface area contributed by atoms with Crippen molar-refractivity contribution in [3.05, 3.63) is 29.1 Å². The molecule has 0 aliphatic heterocycles. The number of hydrogen-bond donors (Lipinski definition) is 0. The van der Waals surface area contributed by atoms with Crippen molar-refractivity contribution < 1.29 is 12.8 Å². The molecule has 0 aliphatic rings. The van der Waals surface area contributed by atoms with Gasteiger partial charge in [-0.25, -0.2) is 12.8 Å². The normalized spacial score (nSPS) is 12.4. The van der Waals surface area contributed by atoms with Gasteiger partial charge in [-0.3, -0.25) is 0 Å². The van der Waals surface area contributed by atoms with E-state index in [1.165, 1.54) is 16.4 Å². The van der Waals surface area contributed by atoms with Crippen molar-refractivity contribution in [2.45, 2.75) is 38.5 Å². The minimum absolute atomic E-state index is 0.0493. The van der Waals surface area contributed by atoms with Gasteiger partial charge in [-0.2, -0.15) is 4.31 Å². The number of sulfonamides is 1. The fourth-order valence-electron chi connectivity index (χ4n) is 2.01. The zero-order chi connectivity index (χ0) is 15.5. The number of halogens is 2. The molecule has 0 saturated carbocycles. The van der Waals surface area contributed by atoms with Gasteiger partial charge < -0.3 is 0 Å². The van der Waals surface area contributed by atoms with E-state index in [0.717, 1.165) is 0 Å². The minimum Gasteiger partial charge on any atom is -0.207 e. The van der Waals surface area contributed by atoms with E-state index in [2.05, 4.69) is 0 Å². The molecule has 20 heavy (non-hydrogen) atoms.